The van der Waals surface area contributed by atoms with E-state index < -0.39 is 0 Å². The van der Waals surface area contributed by atoms with Crippen molar-refractivity contribution in [2.75, 3.05) is 7.05 Å². The summed E-state index contributed by atoms with van der Waals surface area (Å²) in [6, 6.07) is 0. The number of aryl methyl sites for hydroxylation is 2. The number of carbonyl (C=O) groups excluding carboxylic acids is 1. The second kappa shape index (κ2) is 4.40. The summed E-state index contributed by atoms with van der Waals surface area (Å²) in [7, 11) is 3.57. The van der Waals surface area contributed by atoms with Gasteiger partial charge in [-0.15, -0.1) is 0 Å². The van der Waals surface area contributed by atoms with Gasteiger partial charge in [-0.1, -0.05) is 0 Å². The molecule has 0 bridgehead atoms. The van der Waals surface area contributed by atoms with Crippen LogP contribution in [0.1, 0.15) is 21.7 Å². The molecule has 6 heteroatoms. The van der Waals surface area contributed by atoms with Crippen LogP contribution in [0, 0.1) is 6.92 Å². The van der Waals surface area contributed by atoms with E-state index in [4.69, 9.17) is 0 Å². The SMILES string of the molecule is Cc1[nH]ncc1CN(C)C(=O)c1cncn1C. The average Bonchev–Trinajstić information content (AvgIpc) is 2.88. The molecule has 0 aliphatic carbocycles. The Hall–Kier alpha value is -2.11. The highest BCUT2D eigenvalue weighted by atomic mass is 16.2. The Bertz CT molecular complexity index is 527. The summed E-state index contributed by atoms with van der Waals surface area (Å²) in [6.45, 7) is 2.47. The standard InChI is InChI=1S/C11H15N5O/c1-8-9(4-13-14-8)6-15(2)11(17)10-5-12-7-16(10)3/h4-5,7H,6H2,1-3H3,(H,13,14). The van der Waals surface area contributed by atoms with Gasteiger partial charge in [-0.2, -0.15) is 5.10 Å². The van der Waals surface area contributed by atoms with Gasteiger partial charge >= 0.3 is 0 Å². The molecule has 1 amide bonds. The van der Waals surface area contributed by atoms with Crippen molar-refractivity contribution < 1.29 is 4.79 Å². The Morgan fingerprint density at radius 2 is 2.29 bits per heavy atom. The fourth-order valence-corrected chi connectivity index (χ4v) is 1.62. The third-order valence-electron chi connectivity index (χ3n) is 2.72. The number of imidazole rings is 1. The summed E-state index contributed by atoms with van der Waals surface area (Å²) in [5.74, 6) is -0.0504. The Morgan fingerprint density at radius 1 is 1.53 bits per heavy atom. The van der Waals surface area contributed by atoms with E-state index in [9.17, 15) is 4.79 Å². The first kappa shape index (κ1) is 11.4. The van der Waals surface area contributed by atoms with Gasteiger partial charge in [-0.3, -0.25) is 9.89 Å². The van der Waals surface area contributed by atoms with Crippen LogP contribution in [0.15, 0.2) is 18.7 Å². The minimum absolute atomic E-state index is 0.0504. The lowest BCUT2D eigenvalue weighted by atomic mass is 10.2. The quantitative estimate of drug-likeness (QED) is 0.849. The second-order valence-corrected chi connectivity index (χ2v) is 4.07. The normalized spacial score (nSPS) is 10.5. The molecular weight excluding hydrogens is 218 g/mol. The number of aromatic amines is 1. The number of hydrogen-bond donors (Lipinski definition) is 1. The first-order chi connectivity index (χ1) is 8.09. The van der Waals surface area contributed by atoms with E-state index in [1.807, 2.05) is 6.92 Å². The predicted molar refractivity (Wildman–Crippen MR) is 62.3 cm³/mol. The zero-order valence-corrected chi connectivity index (χ0v) is 10.1. The maximum atomic E-state index is 12.1. The molecule has 2 aromatic heterocycles. The Morgan fingerprint density at radius 3 is 2.82 bits per heavy atom. The van der Waals surface area contributed by atoms with Gasteiger partial charge < -0.3 is 9.47 Å². The molecule has 0 atom stereocenters. The largest absolute Gasteiger partial charge is 0.336 e. The summed E-state index contributed by atoms with van der Waals surface area (Å²) in [5.41, 5.74) is 2.58. The van der Waals surface area contributed by atoms with Gasteiger partial charge in [0.05, 0.1) is 18.7 Å². The molecular formula is C11H15N5O. The van der Waals surface area contributed by atoms with Crippen LogP contribution in [-0.4, -0.2) is 37.6 Å². The predicted octanol–water partition coefficient (Wildman–Crippen LogP) is 0.724. The first-order valence-electron chi connectivity index (χ1n) is 5.30. The highest BCUT2D eigenvalue weighted by molar-refractivity contribution is 5.92. The van der Waals surface area contributed by atoms with Gasteiger partial charge in [0, 0.05) is 31.9 Å². The molecule has 2 heterocycles. The molecule has 2 rings (SSSR count). The lowest BCUT2D eigenvalue weighted by Crippen LogP contribution is -2.27. The average molecular weight is 233 g/mol. The van der Waals surface area contributed by atoms with E-state index in [0.717, 1.165) is 11.3 Å². The van der Waals surface area contributed by atoms with Crippen LogP contribution in [0.25, 0.3) is 0 Å². The van der Waals surface area contributed by atoms with Crippen molar-refractivity contribution in [1.29, 1.82) is 0 Å². The lowest BCUT2D eigenvalue weighted by Gasteiger charge is -2.16. The van der Waals surface area contributed by atoms with Gasteiger partial charge in [0.1, 0.15) is 5.69 Å². The Labute approximate surface area is 99.3 Å². The molecule has 0 aliphatic heterocycles. The molecule has 90 valence electrons. The molecule has 0 saturated heterocycles. The molecule has 0 saturated carbocycles. The monoisotopic (exact) mass is 233 g/mol. The molecule has 0 radical (unpaired) electrons. The minimum atomic E-state index is -0.0504. The molecule has 0 unspecified atom stereocenters. The van der Waals surface area contributed by atoms with Crippen LogP contribution < -0.4 is 0 Å². The second-order valence-electron chi connectivity index (χ2n) is 4.07. The van der Waals surface area contributed by atoms with Crippen LogP contribution >= 0.6 is 0 Å². The third kappa shape index (κ3) is 2.20. The Balaban J connectivity index is 2.11. The number of aromatic nitrogens is 4. The van der Waals surface area contributed by atoms with Crippen LogP contribution in [0.3, 0.4) is 0 Å². The zero-order chi connectivity index (χ0) is 12.4. The number of nitrogens with zero attached hydrogens (tertiary/aromatic N) is 4. The van der Waals surface area contributed by atoms with Gasteiger partial charge in [-0.05, 0) is 6.92 Å². The van der Waals surface area contributed by atoms with E-state index in [0.29, 0.717) is 12.2 Å². The van der Waals surface area contributed by atoms with E-state index in [2.05, 4.69) is 15.2 Å². The van der Waals surface area contributed by atoms with Gasteiger partial charge in [-0.25, -0.2) is 4.98 Å². The summed E-state index contributed by atoms with van der Waals surface area (Å²) in [5, 5.41) is 6.79. The minimum Gasteiger partial charge on any atom is -0.336 e. The maximum Gasteiger partial charge on any atom is 0.272 e. The Kier molecular flexibility index (Phi) is 2.95. The van der Waals surface area contributed by atoms with E-state index in [-0.39, 0.29) is 5.91 Å². The topological polar surface area (TPSA) is 66.8 Å². The fourth-order valence-electron chi connectivity index (χ4n) is 1.62. The molecule has 0 fully saturated rings. The molecule has 6 nitrogen and oxygen atoms in total. The highest BCUT2D eigenvalue weighted by Gasteiger charge is 2.16. The number of amides is 1. The molecule has 2 aromatic rings. The van der Waals surface area contributed by atoms with Crippen LogP contribution in [-0.2, 0) is 13.6 Å². The number of carbonyl (C=O) groups is 1. The summed E-state index contributed by atoms with van der Waals surface area (Å²) in [4.78, 5) is 17.7. The van der Waals surface area contributed by atoms with Gasteiger partial charge in [0.15, 0.2) is 0 Å². The van der Waals surface area contributed by atoms with Gasteiger partial charge in [0.25, 0.3) is 5.91 Å². The summed E-state index contributed by atoms with van der Waals surface area (Å²) in [6.07, 6.45) is 4.92. The van der Waals surface area contributed by atoms with E-state index in [1.165, 1.54) is 0 Å². The van der Waals surface area contributed by atoms with Crippen molar-refractivity contribution in [3.05, 3.63) is 35.7 Å². The van der Waals surface area contributed by atoms with Gasteiger partial charge in [0.2, 0.25) is 0 Å². The van der Waals surface area contributed by atoms with Crippen molar-refractivity contribution in [2.45, 2.75) is 13.5 Å². The molecule has 0 aromatic carbocycles. The van der Waals surface area contributed by atoms with Crippen molar-refractivity contribution in [3.63, 3.8) is 0 Å². The van der Waals surface area contributed by atoms with Crippen molar-refractivity contribution in [3.8, 4) is 0 Å². The van der Waals surface area contributed by atoms with Crippen molar-refractivity contribution >= 4 is 5.91 Å². The van der Waals surface area contributed by atoms with Crippen molar-refractivity contribution in [2.24, 2.45) is 7.05 Å². The van der Waals surface area contributed by atoms with Crippen LogP contribution in [0.4, 0.5) is 0 Å². The molecule has 1 N–H and O–H groups in total. The smallest absolute Gasteiger partial charge is 0.272 e. The summed E-state index contributed by atoms with van der Waals surface area (Å²) < 4.78 is 1.71. The zero-order valence-electron chi connectivity index (χ0n) is 10.1. The lowest BCUT2D eigenvalue weighted by molar-refractivity contribution is 0.0775. The fraction of sp³-hybridized carbons (Fsp3) is 0.364. The molecule has 0 spiro atoms. The molecule has 17 heavy (non-hydrogen) atoms. The van der Waals surface area contributed by atoms with Crippen molar-refractivity contribution in [1.82, 2.24) is 24.6 Å². The van der Waals surface area contributed by atoms with Crippen LogP contribution in [0.2, 0.25) is 0 Å². The third-order valence-corrected chi connectivity index (χ3v) is 2.72. The number of rotatable bonds is 3. The summed E-state index contributed by atoms with van der Waals surface area (Å²) >= 11 is 0. The number of nitrogens with one attached hydrogen (secondary N) is 1. The van der Waals surface area contributed by atoms with E-state index in [1.54, 1.807) is 42.3 Å². The van der Waals surface area contributed by atoms with E-state index >= 15 is 0 Å². The van der Waals surface area contributed by atoms with Crippen LogP contribution in [0.5, 0.6) is 0 Å². The number of H-pyrrole nitrogens is 1. The number of hydrogen-bond acceptors (Lipinski definition) is 3. The highest BCUT2D eigenvalue weighted by Crippen LogP contribution is 2.09. The first-order valence-corrected chi connectivity index (χ1v) is 5.30. The molecule has 0 aliphatic rings. The maximum absolute atomic E-state index is 12.1.